The summed E-state index contributed by atoms with van der Waals surface area (Å²) in [6, 6.07) is 3.50. The van der Waals surface area contributed by atoms with Crippen molar-refractivity contribution in [3.05, 3.63) is 40.7 Å². The fourth-order valence-corrected chi connectivity index (χ4v) is 2.40. The first-order chi connectivity index (χ1) is 11.0. The highest BCUT2D eigenvalue weighted by Gasteiger charge is 2.16. The zero-order valence-electron chi connectivity index (χ0n) is 13.3. The Labute approximate surface area is 139 Å². The van der Waals surface area contributed by atoms with Crippen molar-refractivity contribution in [1.82, 2.24) is 9.78 Å². The molecule has 2 rings (SSSR count). The summed E-state index contributed by atoms with van der Waals surface area (Å²) in [4.78, 5) is 12.2. The molecule has 6 nitrogen and oxygen atoms in total. The molecule has 23 heavy (non-hydrogen) atoms. The maximum absolute atomic E-state index is 12.2. The molecular formula is C16H17ClN2O4. The number of hydrogen-bond acceptors (Lipinski definition) is 5. The highest BCUT2D eigenvalue weighted by Crippen LogP contribution is 2.40. The minimum atomic E-state index is -0.299. The van der Waals surface area contributed by atoms with Gasteiger partial charge >= 0.3 is 0 Å². The molecule has 7 heteroatoms. The molecule has 1 aromatic carbocycles. The number of carbonyl (C=O) groups is 1. The maximum atomic E-state index is 12.2. The third kappa shape index (κ3) is 3.48. The van der Waals surface area contributed by atoms with Crippen molar-refractivity contribution in [3.8, 4) is 17.2 Å². The number of nitrogens with zero attached hydrogens (tertiary/aromatic N) is 2. The van der Waals surface area contributed by atoms with E-state index in [9.17, 15) is 4.79 Å². The van der Waals surface area contributed by atoms with Crippen LogP contribution in [0.5, 0.6) is 17.2 Å². The SMILES string of the molecule is COc1ccc(/C=C/C(=O)c2nn(C)cc2Cl)c(OC)c1OC. The van der Waals surface area contributed by atoms with Gasteiger partial charge in [0, 0.05) is 18.8 Å². The third-order valence-corrected chi connectivity index (χ3v) is 3.44. The van der Waals surface area contributed by atoms with Crippen molar-refractivity contribution in [2.45, 2.75) is 0 Å². The second kappa shape index (κ2) is 7.19. The Morgan fingerprint density at radius 2 is 1.87 bits per heavy atom. The zero-order valence-corrected chi connectivity index (χ0v) is 14.0. The van der Waals surface area contributed by atoms with Crippen LogP contribution in [-0.2, 0) is 7.05 Å². The molecule has 0 unspecified atom stereocenters. The van der Waals surface area contributed by atoms with Gasteiger partial charge in [-0.1, -0.05) is 11.6 Å². The number of hydrogen-bond donors (Lipinski definition) is 0. The number of aromatic nitrogens is 2. The number of methoxy groups -OCH3 is 3. The Morgan fingerprint density at radius 1 is 1.17 bits per heavy atom. The van der Waals surface area contributed by atoms with Crippen LogP contribution in [0.1, 0.15) is 16.1 Å². The first-order valence-corrected chi connectivity index (χ1v) is 7.10. The van der Waals surface area contributed by atoms with E-state index in [4.69, 9.17) is 25.8 Å². The van der Waals surface area contributed by atoms with E-state index in [1.807, 2.05) is 0 Å². The molecule has 0 aliphatic carbocycles. The molecule has 1 aromatic heterocycles. The van der Waals surface area contributed by atoms with Crippen molar-refractivity contribution in [1.29, 1.82) is 0 Å². The van der Waals surface area contributed by atoms with Gasteiger partial charge in [0.15, 0.2) is 17.2 Å². The Balaban J connectivity index is 2.36. The van der Waals surface area contributed by atoms with Crippen molar-refractivity contribution in [2.75, 3.05) is 21.3 Å². The van der Waals surface area contributed by atoms with Crippen molar-refractivity contribution >= 4 is 23.5 Å². The molecule has 0 N–H and O–H groups in total. The van der Waals surface area contributed by atoms with Crippen molar-refractivity contribution < 1.29 is 19.0 Å². The van der Waals surface area contributed by atoms with Gasteiger partial charge in [-0.25, -0.2) is 0 Å². The Morgan fingerprint density at radius 3 is 2.39 bits per heavy atom. The summed E-state index contributed by atoms with van der Waals surface area (Å²) in [5.41, 5.74) is 0.871. The van der Waals surface area contributed by atoms with Crippen molar-refractivity contribution in [3.63, 3.8) is 0 Å². The first kappa shape index (κ1) is 16.9. The van der Waals surface area contributed by atoms with Gasteiger partial charge in [-0.2, -0.15) is 5.10 Å². The molecule has 0 radical (unpaired) electrons. The van der Waals surface area contributed by atoms with E-state index >= 15 is 0 Å². The molecule has 0 aliphatic rings. The quantitative estimate of drug-likeness (QED) is 0.599. The molecule has 0 spiro atoms. The number of ether oxygens (including phenoxy) is 3. The second-order valence-corrected chi connectivity index (χ2v) is 5.03. The second-order valence-electron chi connectivity index (χ2n) is 4.62. The van der Waals surface area contributed by atoms with Gasteiger partial charge in [-0.3, -0.25) is 9.48 Å². The summed E-state index contributed by atoms with van der Waals surface area (Å²) in [7, 11) is 6.28. The highest BCUT2D eigenvalue weighted by atomic mass is 35.5. The standard InChI is InChI=1S/C16H17ClN2O4/c1-19-9-11(17)14(18-19)12(20)7-5-10-6-8-13(21-2)16(23-4)15(10)22-3/h5-9H,1-4H3/b7-5+. The Kier molecular flexibility index (Phi) is 5.28. The third-order valence-electron chi connectivity index (χ3n) is 3.17. The summed E-state index contributed by atoms with van der Waals surface area (Å²) in [5, 5.41) is 4.34. The molecular weight excluding hydrogens is 320 g/mol. The van der Waals surface area contributed by atoms with Crippen LogP contribution in [0.25, 0.3) is 6.08 Å². The minimum Gasteiger partial charge on any atom is -0.493 e. The lowest BCUT2D eigenvalue weighted by Crippen LogP contribution is -1.99. The number of halogens is 1. The molecule has 0 fully saturated rings. The van der Waals surface area contributed by atoms with E-state index in [0.717, 1.165) is 0 Å². The molecule has 0 amide bonds. The van der Waals surface area contributed by atoms with Crippen LogP contribution >= 0.6 is 11.6 Å². The topological polar surface area (TPSA) is 62.6 Å². The van der Waals surface area contributed by atoms with Crippen LogP contribution in [0.4, 0.5) is 0 Å². The molecule has 0 bridgehead atoms. The van der Waals surface area contributed by atoms with Gasteiger partial charge in [0.25, 0.3) is 0 Å². The number of aryl methyl sites for hydroxylation is 1. The van der Waals surface area contributed by atoms with Gasteiger partial charge in [-0.15, -0.1) is 0 Å². The number of allylic oxidation sites excluding steroid dienone is 1. The summed E-state index contributed by atoms with van der Waals surface area (Å²) >= 11 is 5.97. The van der Waals surface area contributed by atoms with Crippen LogP contribution < -0.4 is 14.2 Å². The molecule has 1 heterocycles. The average Bonchev–Trinajstić information content (AvgIpc) is 2.89. The van der Waals surface area contributed by atoms with Crippen LogP contribution in [-0.4, -0.2) is 36.9 Å². The lowest BCUT2D eigenvalue weighted by Gasteiger charge is -2.13. The number of rotatable bonds is 6. The largest absolute Gasteiger partial charge is 0.493 e. The number of carbonyl (C=O) groups excluding carboxylic acids is 1. The average molecular weight is 337 g/mol. The summed E-state index contributed by atoms with van der Waals surface area (Å²) in [5.74, 6) is 1.18. The summed E-state index contributed by atoms with van der Waals surface area (Å²) < 4.78 is 17.4. The van der Waals surface area contributed by atoms with E-state index < -0.39 is 0 Å². The van der Waals surface area contributed by atoms with E-state index in [1.165, 1.54) is 25.0 Å². The predicted octanol–water partition coefficient (Wildman–Crippen LogP) is 3.00. The minimum absolute atomic E-state index is 0.199. The summed E-state index contributed by atoms with van der Waals surface area (Å²) in [6.07, 6.45) is 4.58. The van der Waals surface area contributed by atoms with Crippen LogP contribution in [0.2, 0.25) is 5.02 Å². The van der Waals surface area contributed by atoms with Gasteiger partial charge in [0.05, 0.1) is 26.4 Å². The molecule has 0 aliphatic heterocycles. The fourth-order valence-electron chi connectivity index (χ4n) is 2.13. The van der Waals surface area contributed by atoms with Gasteiger partial charge < -0.3 is 14.2 Å². The lowest BCUT2D eigenvalue weighted by atomic mass is 10.1. The van der Waals surface area contributed by atoms with Gasteiger partial charge in [0.2, 0.25) is 11.5 Å². The van der Waals surface area contributed by atoms with Crippen molar-refractivity contribution in [2.24, 2.45) is 7.05 Å². The Hall–Kier alpha value is -2.47. The Bertz CT molecular complexity index is 753. The highest BCUT2D eigenvalue weighted by molar-refractivity contribution is 6.34. The monoisotopic (exact) mass is 336 g/mol. The summed E-state index contributed by atoms with van der Waals surface area (Å²) in [6.45, 7) is 0. The maximum Gasteiger partial charge on any atom is 0.207 e. The number of benzene rings is 1. The first-order valence-electron chi connectivity index (χ1n) is 6.72. The molecule has 0 saturated carbocycles. The molecule has 2 aromatic rings. The molecule has 0 atom stereocenters. The lowest BCUT2D eigenvalue weighted by molar-refractivity contribution is 0.104. The van der Waals surface area contributed by atoms with Crippen LogP contribution in [0.15, 0.2) is 24.4 Å². The van der Waals surface area contributed by atoms with Gasteiger partial charge in [0.1, 0.15) is 0 Å². The van der Waals surface area contributed by atoms with Crippen LogP contribution in [0.3, 0.4) is 0 Å². The van der Waals surface area contributed by atoms with E-state index in [-0.39, 0.29) is 11.5 Å². The fraction of sp³-hybridized carbons (Fsp3) is 0.250. The normalized spacial score (nSPS) is 10.8. The zero-order chi connectivity index (χ0) is 17.0. The van der Waals surface area contributed by atoms with E-state index in [0.29, 0.717) is 27.8 Å². The smallest absolute Gasteiger partial charge is 0.207 e. The van der Waals surface area contributed by atoms with Gasteiger partial charge in [-0.05, 0) is 24.3 Å². The number of ketones is 1. The van der Waals surface area contributed by atoms with E-state index in [2.05, 4.69) is 5.10 Å². The van der Waals surface area contributed by atoms with E-state index in [1.54, 1.807) is 38.6 Å². The predicted molar refractivity (Wildman–Crippen MR) is 87.7 cm³/mol. The molecule has 122 valence electrons. The van der Waals surface area contributed by atoms with Crippen LogP contribution in [0, 0.1) is 0 Å². The molecule has 0 saturated heterocycles.